The monoisotopic (exact) mass is 338 g/mol. The van der Waals surface area contributed by atoms with Crippen molar-refractivity contribution < 1.29 is 5.11 Å². The van der Waals surface area contributed by atoms with E-state index in [0.717, 1.165) is 18.9 Å². The quantitative estimate of drug-likeness (QED) is 0.712. The number of fused-ring (bicyclic) bond motifs is 1. The molecule has 0 aromatic heterocycles. The van der Waals surface area contributed by atoms with Crippen LogP contribution in [0.15, 0.2) is 49.5 Å². The van der Waals surface area contributed by atoms with E-state index in [1.807, 2.05) is 6.92 Å². The molecule has 0 amide bonds. The summed E-state index contributed by atoms with van der Waals surface area (Å²) in [5, 5.41) is 9.74. The number of hydrogen-bond acceptors (Lipinski definition) is 5. The van der Waals surface area contributed by atoms with Gasteiger partial charge in [0.05, 0.1) is 16.5 Å². The highest BCUT2D eigenvalue weighted by Gasteiger charge is 2.19. The number of aliphatic hydroxyl groups excluding tert-OH is 1. The summed E-state index contributed by atoms with van der Waals surface area (Å²) in [5.74, 6) is 0. The van der Waals surface area contributed by atoms with Crippen LogP contribution >= 0.6 is 0 Å². The summed E-state index contributed by atoms with van der Waals surface area (Å²) in [6.45, 7) is 2.02. The molecule has 0 saturated carbocycles. The van der Waals surface area contributed by atoms with Crippen LogP contribution in [0.5, 0.6) is 0 Å². The average Bonchev–Trinajstić information content (AvgIpc) is 2.61. The number of rotatable bonds is 5. The Balaban J connectivity index is 2.39. The SMILES string of the molecule is CCCCCC(O)c1cc(=O)c2c(=O)c3ccccc3c(=O)c=2c1=O. The van der Waals surface area contributed by atoms with Crippen molar-refractivity contribution in [3.05, 3.63) is 87.2 Å². The molecule has 1 N–H and O–H groups in total. The van der Waals surface area contributed by atoms with Crippen LogP contribution in [0.1, 0.15) is 44.3 Å². The summed E-state index contributed by atoms with van der Waals surface area (Å²) in [6, 6.07) is 7.14. The minimum Gasteiger partial charge on any atom is -0.388 e. The third kappa shape index (κ3) is 2.81. The number of benzene rings is 1. The molecule has 0 spiro atoms. The van der Waals surface area contributed by atoms with Gasteiger partial charge in [-0.25, -0.2) is 0 Å². The van der Waals surface area contributed by atoms with Crippen LogP contribution in [0, 0.1) is 10.4 Å². The third-order valence-corrected chi connectivity index (χ3v) is 4.58. The molecule has 5 heteroatoms. The lowest BCUT2D eigenvalue weighted by Gasteiger charge is -2.09. The van der Waals surface area contributed by atoms with Gasteiger partial charge in [-0.15, -0.1) is 0 Å². The predicted octanol–water partition coefficient (Wildman–Crippen LogP) is 1.49. The molecule has 0 saturated heterocycles. The van der Waals surface area contributed by atoms with Gasteiger partial charge in [0.1, 0.15) is 0 Å². The van der Waals surface area contributed by atoms with Crippen molar-refractivity contribution in [2.75, 3.05) is 0 Å². The van der Waals surface area contributed by atoms with Gasteiger partial charge in [0.25, 0.3) is 0 Å². The Labute approximate surface area is 142 Å². The van der Waals surface area contributed by atoms with E-state index in [9.17, 15) is 24.3 Å². The van der Waals surface area contributed by atoms with E-state index >= 15 is 0 Å². The normalized spacial score (nSPS) is 12.7. The largest absolute Gasteiger partial charge is 0.388 e. The first-order chi connectivity index (χ1) is 12.0. The highest BCUT2D eigenvalue weighted by Crippen LogP contribution is 2.16. The molecular weight excluding hydrogens is 320 g/mol. The average molecular weight is 338 g/mol. The third-order valence-electron chi connectivity index (χ3n) is 4.58. The van der Waals surface area contributed by atoms with E-state index in [1.165, 1.54) is 12.1 Å². The fourth-order valence-corrected chi connectivity index (χ4v) is 3.24. The molecule has 0 radical (unpaired) electrons. The van der Waals surface area contributed by atoms with Crippen LogP contribution in [-0.2, 0) is 0 Å². The molecule has 0 heterocycles. The smallest absolute Gasteiger partial charge is 0.198 e. The highest BCUT2D eigenvalue weighted by molar-refractivity contribution is 5.82. The van der Waals surface area contributed by atoms with Gasteiger partial charge in [0.2, 0.25) is 0 Å². The molecule has 1 atom stereocenters. The summed E-state index contributed by atoms with van der Waals surface area (Å²) >= 11 is 0. The van der Waals surface area contributed by atoms with Crippen molar-refractivity contribution in [2.24, 2.45) is 0 Å². The van der Waals surface area contributed by atoms with E-state index in [1.54, 1.807) is 12.1 Å². The number of hydrogen-bond donors (Lipinski definition) is 1. The second-order valence-electron chi connectivity index (χ2n) is 6.26. The van der Waals surface area contributed by atoms with Gasteiger partial charge < -0.3 is 5.11 Å². The summed E-state index contributed by atoms with van der Waals surface area (Å²) in [4.78, 5) is 50.4. The van der Waals surface area contributed by atoms with E-state index < -0.39 is 33.0 Å². The lowest BCUT2D eigenvalue weighted by Crippen LogP contribution is -2.31. The van der Waals surface area contributed by atoms with Crippen molar-refractivity contribution in [3.63, 3.8) is 0 Å². The maximum atomic E-state index is 12.7. The summed E-state index contributed by atoms with van der Waals surface area (Å²) in [6.07, 6.45) is 1.78. The van der Waals surface area contributed by atoms with Gasteiger partial charge >= 0.3 is 0 Å². The van der Waals surface area contributed by atoms with Crippen molar-refractivity contribution in [1.29, 1.82) is 0 Å². The molecule has 3 rings (SSSR count). The molecule has 0 aliphatic heterocycles. The maximum absolute atomic E-state index is 12.7. The first-order valence-electron chi connectivity index (χ1n) is 8.38. The van der Waals surface area contributed by atoms with Crippen molar-refractivity contribution >= 4 is 10.8 Å². The Kier molecular flexibility index (Phi) is 4.59. The van der Waals surface area contributed by atoms with Gasteiger partial charge in [-0.1, -0.05) is 50.5 Å². The molecule has 1 aromatic carbocycles. The minimum absolute atomic E-state index is 0.0969. The summed E-state index contributed by atoms with van der Waals surface area (Å²) in [5.41, 5.74) is -2.74. The zero-order valence-electron chi connectivity index (χ0n) is 13.9. The molecule has 0 bridgehead atoms. The van der Waals surface area contributed by atoms with E-state index in [4.69, 9.17) is 0 Å². The van der Waals surface area contributed by atoms with Gasteiger partial charge in [-0.05, 0) is 12.5 Å². The van der Waals surface area contributed by atoms with Gasteiger partial charge in [0.15, 0.2) is 21.7 Å². The Morgan fingerprint density at radius 2 is 1.48 bits per heavy atom. The first-order valence-corrected chi connectivity index (χ1v) is 8.38. The van der Waals surface area contributed by atoms with Crippen LogP contribution < -0.4 is 21.7 Å². The van der Waals surface area contributed by atoms with Crippen LogP contribution in [0.25, 0.3) is 10.8 Å². The molecule has 1 unspecified atom stereocenters. The molecule has 25 heavy (non-hydrogen) atoms. The maximum Gasteiger partial charge on any atom is 0.198 e. The predicted molar refractivity (Wildman–Crippen MR) is 95.8 cm³/mol. The van der Waals surface area contributed by atoms with Crippen LogP contribution in [0.4, 0.5) is 0 Å². The zero-order valence-corrected chi connectivity index (χ0v) is 13.9. The Morgan fingerprint density at radius 1 is 0.880 bits per heavy atom. The second-order valence-corrected chi connectivity index (χ2v) is 6.26. The lowest BCUT2D eigenvalue weighted by molar-refractivity contribution is 0.162. The Morgan fingerprint density at radius 3 is 2.08 bits per heavy atom. The van der Waals surface area contributed by atoms with Crippen molar-refractivity contribution in [2.45, 2.75) is 38.7 Å². The van der Waals surface area contributed by atoms with Crippen molar-refractivity contribution in [1.82, 2.24) is 0 Å². The first kappa shape index (κ1) is 17.2. The van der Waals surface area contributed by atoms with Crippen molar-refractivity contribution in [3.8, 4) is 0 Å². The molecule has 1 aromatic rings. The van der Waals surface area contributed by atoms with Crippen LogP contribution in [0.3, 0.4) is 0 Å². The fourth-order valence-electron chi connectivity index (χ4n) is 3.24. The van der Waals surface area contributed by atoms with E-state index in [-0.39, 0.29) is 21.6 Å². The summed E-state index contributed by atoms with van der Waals surface area (Å²) < 4.78 is 0. The lowest BCUT2D eigenvalue weighted by atomic mass is 9.98. The molecule has 2 aliphatic carbocycles. The molecule has 128 valence electrons. The number of unbranched alkanes of at least 4 members (excludes halogenated alkanes) is 2. The second kappa shape index (κ2) is 6.69. The van der Waals surface area contributed by atoms with Gasteiger partial charge in [-0.2, -0.15) is 0 Å². The standard InChI is InChI=1S/C20H18O5/c1-2-3-4-9-14(21)13-10-15(22)16-17(20(13)25)19(24)12-8-6-5-7-11(12)18(16)23/h5-8,10,14,21H,2-4,9H2,1H3. The van der Waals surface area contributed by atoms with Gasteiger partial charge in [0, 0.05) is 16.3 Å². The molecule has 0 fully saturated rings. The highest BCUT2D eigenvalue weighted by atomic mass is 16.3. The fraction of sp³-hybridized carbons (Fsp3) is 0.300. The summed E-state index contributed by atoms with van der Waals surface area (Å²) in [7, 11) is 0. The van der Waals surface area contributed by atoms with Crippen LogP contribution in [0.2, 0.25) is 0 Å². The Bertz CT molecular complexity index is 1200. The topological polar surface area (TPSA) is 88.5 Å². The van der Waals surface area contributed by atoms with E-state index in [0.29, 0.717) is 12.8 Å². The minimum atomic E-state index is -1.11. The molecule has 2 aliphatic rings. The Hall–Kier alpha value is -2.66. The van der Waals surface area contributed by atoms with Crippen LogP contribution in [-0.4, -0.2) is 5.11 Å². The van der Waals surface area contributed by atoms with Gasteiger partial charge in [-0.3, -0.25) is 19.2 Å². The van der Waals surface area contributed by atoms with E-state index in [2.05, 4.69) is 0 Å². The zero-order chi connectivity index (χ0) is 18.1. The molecule has 5 nitrogen and oxygen atoms in total. The molecular formula is C20H18O5. The number of aliphatic hydroxyl groups is 1.